The first kappa shape index (κ1) is 12.9. The van der Waals surface area contributed by atoms with Crippen molar-refractivity contribution in [1.29, 1.82) is 0 Å². The van der Waals surface area contributed by atoms with Gasteiger partial charge in [0.2, 0.25) is 0 Å². The van der Waals surface area contributed by atoms with Crippen molar-refractivity contribution in [2.24, 2.45) is 0 Å². The molecule has 0 aliphatic rings. The van der Waals surface area contributed by atoms with Crippen LogP contribution in [0.15, 0.2) is 28.8 Å². The van der Waals surface area contributed by atoms with E-state index in [9.17, 15) is 10.1 Å². The summed E-state index contributed by atoms with van der Waals surface area (Å²) < 4.78 is 9.80. The molecule has 0 bridgehead atoms. The van der Waals surface area contributed by atoms with Gasteiger partial charge in [-0.05, 0) is 12.1 Å². The van der Waals surface area contributed by atoms with Crippen LogP contribution in [0, 0.1) is 10.1 Å². The molecule has 0 N–H and O–H groups in total. The Balaban J connectivity index is 2.20. The van der Waals surface area contributed by atoms with E-state index in [-0.39, 0.29) is 18.2 Å². The fourth-order valence-electron chi connectivity index (χ4n) is 1.48. The highest BCUT2D eigenvalue weighted by molar-refractivity contribution is 5.71. The summed E-state index contributed by atoms with van der Waals surface area (Å²) in [6, 6.07) is 6.40. The summed E-state index contributed by atoms with van der Waals surface area (Å²) in [5.41, 5.74) is 0.495. The lowest BCUT2D eigenvalue weighted by molar-refractivity contribution is -0.385. The molecule has 7 heteroatoms. The maximum Gasteiger partial charge on any atom is 0.276 e. The van der Waals surface area contributed by atoms with Crippen LogP contribution in [0.5, 0.6) is 0 Å². The van der Waals surface area contributed by atoms with E-state index in [1.54, 1.807) is 24.3 Å². The first-order chi connectivity index (χ1) is 9.20. The quantitative estimate of drug-likeness (QED) is 0.605. The summed E-state index contributed by atoms with van der Waals surface area (Å²) in [5.74, 6) is 0.690. The maximum atomic E-state index is 10.8. The van der Waals surface area contributed by atoms with Crippen LogP contribution in [0.1, 0.15) is 17.3 Å². The number of hydrogen-bond acceptors (Lipinski definition) is 6. The lowest BCUT2D eigenvalue weighted by Crippen LogP contribution is -1.90. The first-order valence-electron chi connectivity index (χ1n) is 5.43. The molecule has 2 rings (SSSR count). The summed E-state index contributed by atoms with van der Waals surface area (Å²) in [6.45, 7) is 0.253. The molecule has 0 saturated carbocycles. The second-order valence-corrected chi connectivity index (χ2v) is 3.63. The Labute approximate surface area is 108 Å². The maximum absolute atomic E-state index is 10.8. The van der Waals surface area contributed by atoms with Crippen molar-refractivity contribution in [2.75, 3.05) is 7.11 Å². The fraction of sp³-hybridized carbons (Fsp3) is 0.167. The molecular weight excluding hydrogens is 250 g/mol. The van der Waals surface area contributed by atoms with Crippen LogP contribution in [0.3, 0.4) is 0 Å². The standard InChI is InChI=1S/C12H11N3O4/c1-18-8-11-13-12(19-14-11)7-6-9-4-2-3-5-10(9)15(16)17/h2-7H,8H2,1H3. The van der Waals surface area contributed by atoms with Crippen molar-refractivity contribution >= 4 is 17.8 Å². The highest BCUT2D eigenvalue weighted by Gasteiger charge is 2.10. The molecule has 19 heavy (non-hydrogen) atoms. The molecule has 98 valence electrons. The van der Waals surface area contributed by atoms with Crippen LogP contribution in [0.4, 0.5) is 5.69 Å². The normalized spacial score (nSPS) is 11.0. The summed E-state index contributed by atoms with van der Waals surface area (Å²) in [4.78, 5) is 14.4. The molecule has 0 unspecified atom stereocenters. The van der Waals surface area contributed by atoms with Gasteiger partial charge in [0.25, 0.3) is 11.6 Å². The van der Waals surface area contributed by atoms with Gasteiger partial charge >= 0.3 is 0 Å². The van der Waals surface area contributed by atoms with Gasteiger partial charge in [0.15, 0.2) is 5.82 Å². The molecule has 0 radical (unpaired) electrons. The molecule has 0 amide bonds. The minimum absolute atomic E-state index is 0.0235. The van der Waals surface area contributed by atoms with E-state index in [4.69, 9.17) is 9.26 Å². The van der Waals surface area contributed by atoms with E-state index in [1.165, 1.54) is 19.3 Å². The van der Waals surface area contributed by atoms with Gasteiger partial charge in [-0.1, -0.05) is 17.3 Å². The highest BCUT2D eigenvalue weighted by Crippen LogP contribution is 2.19. The molecular formula is C12H11N3O4. The van der Waals surface area contributed by atoms with Gasteiger partial charge in [0, 0.05) is 19.3 Å². The number of methoxy groups -OCH3 is 1. The van der Waals surface area contributed by atoms with Gasteiger partial charge in [0.05, 0.1) is 10.5 Å². The third-order valence-corrected chi connectivity index (χ3v) is 2.30. The van der Waals surface area contributed by atoms with Gasteiger partial charge in [-0.2, -0.15) is 4.98 Å². The van der Waals surface area contributed by atoms with Crippen LogP contribution in [0.2, 0.25) is 0 Å². The van der Waals surface area contributed by atoms with E-state index in [0.29, 0.717) is 11.4 Å². The van der Waals surface area contributed by atoms with E-state index >= 15 is 0 Å². The number of benzene rings is 1. The third-order valence-electron chi connectivity index (χ3n) is 2.30. The zero-order valence-corrected chi connectivity index (χ0v) is 10.1. The van der Waals surface area contributed by atoms with Crippen molar-refractivity contribution in [3.05, 3.63) is 51.7 Å². The lowest BCUT2D eigenvalue weighted by atomic mass is 10.1. The third kappa shape index (κ3) is 3.23. The summed E-state index contributed by atoms with van der Waals surface area (Å²) in [5, 5.41) is 14.5. The Hall–Kier alpha value is -2.54. The van der Waals surface area contributed by atoms with Gasteiger partial charge < -0.3 is 9.26 Å². The molecule has 0 fully saturated rings. The zero-order chi connectivity index (χ0) is 13.7. The molecule has 0 spiro atoms. The molecule has 0 aliphatic heterocycles. The molecule has 2 aromatic rings. The minimum atomic E-state index is -0.441. The van der Waals surface area contributed by atoms with Crippen molar-refractivity contribution in [3.63, 3.8) is 0 Å². The lowest BCUT2D eigenvalue weighted by Gasteiger charge is -1.95. The van der Waals surface area contributed by atoms with Gasteiger partial charge in [-0.3, -0.25) is 10.1 Å². The summed E-state index contributed by atoms with van der Waals surface area (Å²) in [6.07, 6.45) is 3.08. The Morgan fingerprint density at radius 1 is 1.42 bits per heavy atom. The number of hydrogen-bond donors (Lipinski definition) is 0. The smallest absolute Gasteiger partial charge is 0.276 e. The number of para-hydroxylation sites is 1. The van der Waals surface area contributed by atoms with E-state index in [1.807, 2.05) is 0 Å². The average Bonchev–Trinajstić information content (AvgIpc) is 2.85. The highest BCUT2D eigenvalue weighted by atomic mass is 16.6. The van der Waals surface area contributed by atoms with E-state index in [2.05, 4.69) is 10.1 Å². The van der Waals surface area contributed by atoms with Crippen LogP contribution in [-0.2, 0) is 11.3 Å². The first-order valence-corrected chi connectivity index (χ1v) is 5.43. The minimum Gasteiger partial charge on any atom is -0.377 e. The Morgan fingerprint density at radius 2 is 2.21 bits per heavy atom. The van der Waals surface area contributed by atoms with Crippen molar-refractivity contribution < 1.29 is 14.2 Å². The number of aromatic nitrogens is 2. The van der Waals surface area contributed by atoms with Crippen molar-refractivity contribution in [3.8, 4) is 0 Å². The summed E-state index contributed by atoms with van der Waals surface area (Å²) in [7, 11) is 1.53. The van der Waals surface area contributed by atoms with Crippen molar-refractivity contribution in [2.45, 2.75) is 6.61 Å². The number of ether oxygens (including phenoxy) is 1. The topological polar surface area (TPSA) is 91.3 Å². The number of nitro groups is 1. The van der Waals surface area contributed by atoms with Gasteiger partial charge in [0.1, 0.15) is 6.61 Å². The number of nitrogens with zero attached hydrogens (tertiary/aromatic N) is 3. The van der Waals surface area contributed by atoms with Gasteiger partial charge in [-0.25, -0.2) is 0 Å². The van der Waals surface area contributed by atoms with E-state index < -0.39 is 4.92 Å². The number of nitro benzene ring substituents is 1. The fourth-order valence-corrected chi connectivity index (χ4v) is 1.48. The second-order valence-electron chi connectivity index (χ2n) is 3.63. The van der Waals surface area contributed by atoms with Crippen LogP contribution < -0.4 is 0 Å². The average molecular weight is 261 g/mol. The van der Waals surface area contributed by atoms with Crippen LogP contribution in [-0.4, -0.2) is 22.2 Å². The Bertz CT molecular complexity index is 607. The summed E-state index contributed by atoms with van der Waals surface area (Å²) >= 11 is 0. The Kier molecular flexibility index (Phi) is 3.99. The molecule has 7 nitrogen and oxygen atoms in total. The molecule has 1 aromatic carbocycles. The molecule has 0 saturated heterocycles. The molecule has 0 aliphatic carbocycles. The predicted molar refractivity (Wildman–Crippen MR) is 67.0 cm³/mol. The second kappa shape index (κ2) is 5.87. The van der Waals surface area contributed by atoms with Crippen LogP contribution >= 0.6 is 0 Å². The monoisotopic (exact) mass is 261 g/mol. The van der Waals surface area contributed by atoms with Crippen LogP contribution in [0.25, 0.3) is 12.2 Å². The molecule has 1 heterocycles. The largest absolute Gasteiger partial charge is 0.377 e. The SMILES string of the molecule is COCc1noc(C=Cc2ccccc2[N+](=O)[O-])n1. The van der Waals surface area contributed by atoms with Crippen molar-refractivity contribution in [1.82, 2.24) is 10.1 Å². The zero-order valence-electron chi connectivity index (χ0n) is 10.1. The number of rotatable bonds is 5. The van der Waals surface area contributed by atoms with Gasteiger partial charge in [-0.15, -0.1) is 0 Å². The Morgan fingerprint density at radius 3 is 2.95 bits per heavy atom. The van der Waals surface area contributed by atoms with E-state index in [0.717, 1.165) is 0 Å². The molecule has 0 atom stereocenters. The predicted octanol–water partition coefficient (Wildman–Crippen LogP) is 2.29. The molecule has 1 aromatic heterocycles.